The van der Waals surface area contributed by atoms with Crippen molar-refractivity contribution in [3.63, 3.8) is 0 Å². The van der Waals surface area contributed by atoms with E-state index in [2.05, 4.69) is 4.74 Å². The van der Waals surface area contributed by atoms with Crippen molar-refractivity contribution in [1.82, 2.24) is 0 Å². The minimum Gasteiger partial charge on any atom is -0.369 e. The highest BCUT2D eigenvalue weighted by molar-refractivity contribution is 4.67. The van der Waals surface area contributed by atoms with Crippen LogP contribution in [0.5, 0.6) is 0 Å². The monoisotopic (exact) mass is 168 g/mol. The molecule has 0 aromatic rings. The van der Waals surface area contributed by atoms with Crippen LogP contribution in [0.4, 0.5) is 13.2 Å². The zero-order chi connectivity index (χ0) is 8.32. The van der Waals surface area contributed by atoms with Gasteiger partial charge in [0.05, 0.1) is 6.10 Å². The van der Waals surface area contributed by atoms with Crippen molar-refractivity contribution in [2.75, 3.05) is 6.61 Å². The molecule has 0 aliphatic heterocycles. The summed E-state index contributed by atoms with van der Waals surface area (Å²) >= 11 is 0. The summed E-state index contributed by atoms with van der Waals surface area (Å²) in [6.45, 7) is -1.09. The number of hydrogen-bond donors (Lipinski definition) is 0. The zero-order valence-corrected chi connectivity index (χ0v) is 6.16. The molecule has 1 aliphatic carbocycles. The maximum Gasteiger partial charge on any atom is 0.411 e. The molecule has 1 fully saturated rings. The second-order valence-corrected chi connectivity index (χ2v) is 2.83. The fourth-order valence-electron chi connectivity index (χ4n) is 1.27. The van der Waals surface area contributed by atoms with E-state index < -0.39 is 12.8 Å². The van der Waals surface area contributed by atoms with Gasteiger partial charge in [-0.2, -0.15) is 13.2 Å². The molecule has 66 valence electrons. The lowest BCUT2D eigenvalue weighted by Crippen LogP contribution is -2.21. The van der Waals surface area contributed by atoms with Crippen molar-refractivity contribution in [3.8, 4) is 0 Å². The minimum atomic E-state index is -4.16. The number of ether oxygens (including phenoxy) is 1. The lowest BCUT2D eigenvalue weighted by molar-refractivity contribution is -0.184. The summed E-state index contributed by atoms with van der Waals surface area (Å²) in [5, 5.41) is 0. The summed E-state index contributed by atoms with van der Waals surface area (Å²) in [5.41, 5.74) is 0. The summed E-state index contributed by atoms with van der Waals surface area (Å²) in [4.78, 5) is 0. The Bertz CT molecular complexity index is 115. The van der Waals surface area contributed by atoms with Gasteiger partial charge in [0.2, 0.25) is 0 Å². The second kappa shape index (κ2) is 3.43. The van der Waals surface area contributed by atoms with E-state index >= 15 is 0 Å². The molecule has 0 amide bonds. The molecule has 0 atom stereocenters. The molecule has 0 radical (unpaired) electrons. The lowest BCUT2D eigenvalue weighted by atomic mass is 10.3. The molecule has 0 aromatic carbocycles. The third kappa shape index (κ3) is 3.60. The van der Waals surface area contributed by atoms with E-state index in [1.807, 2.05) is 0 Å². The van der Waals surface area contributed by atoms with Gasteiger partial charge in [-0.3, -0.25) is 0 Å². The van der Waals surface area contributed by atoms with E-state index in [-0.39, 0.29) is 6.10 Å². The Morgan fingerprint density at radius 3 is 2.18 bits per heavy atom. The average molecular weight is 168 g/mol. The van der Waals surface area contributed by atoms with Gasteiger partial charge in [-0.25, -0.2) is 0 Å². The number of alkyl halides is 3. The average Bonchev–Trinajstić information content (AvgIpc) is 2.32. The predicted molar refractivity (Wildman–Crippen MR) is 34.3 cm³/mol. The van der Waals surface area contributed by atoms with Crippen LogP contribution in [0, 0.1) is 0 Å². The Hall–Kier alpha value is -0.250. The molecule has 0 saturated heterocycles. The fourth-order valence-corrected chi connectivity index (χ4v) is 1.27. The fraction of sp³-hybridized carbons (Fsp3) is 1.00. The molecule has 0 bridgehead atoms. The number of halogens is 3. The summed E-state index contributed by atoms with van der Waals surface area (Å²) in [6, 6.07) is 0. The van der Waals surface area contributed by atoms with Crippen LogP contribution in [-0.4, -0.2) is 18.9 Å². The Morgan fingerprint density at radius 1 is 1.18 bits per heavy atom. The molecule has 1 rings (SSSR count). The van der Waals surface area contributed by atoms with E-state index in [4.69, 9.17) is 0 Å². The molecule has 1 saturated carbocycles. The molecular formula is C7H11F3O. The van der Waals surface area contributed by atoms with Crippen molar-refractivity contribution in [1.29, 1.82) is 0 Å². The van der Waals surface area contributed by atoms with Gasteiger partial charge in [0.15, 0.2) is 0 Å². The maximum absolute atomic E-state index is 11.6. The largest absolute Gasteiger partial charge is 0.411 e. The first-order valence-corrected chi connectivity index (χ1v) is 3.76. The van der Waals surface area contributed by atoms with E-state index in [1.54, 1.807) is 0 Å². The van der Waals surface area contributed by atoms with Gasteiger partial charge in [-0.15, -0.1) is 0 Å². The van der Waals surface area contributed by atoms with Crippen LogP contribution in [0.1, 0.15) is 25.7 Å². The molecular weight excluding hydrogens is 157 g/mol. The quantitative estimate of drug-likeness (QED) is 0.615. The van der Waals surface area contributed by atoms with Crippen LogP contribution in [0.15, 0.2) is 0 Å². The highest BCUT2D eigenvalue weighted by Crippen LogP contribution is 2.23. The molecule has 0 spiro atoms. The summed E-state index contributed by atoms with van der Waals surface area (Å²) in [5.74, 6) is 0. The zero-order valence-electron chi connectivity index (χ0n) is 6.16. The van der Waals surface area contributed by atoms with Crippen molar-refractivity contribution < 1.29 is 17.9 Å². The van der Waals surface area contributed by atoms with Gasteiger partial charge in [-0.05, 0) is 12.8 Å². The Balaban J connectivity index is 2.11. The maximum atomic E-state index is 11.6. The third-order valence-electron chi connectivity index (χ3n) is 1.78. The summed E-state index contributed by atoms with van der Waals surface area (Å²) < 4.78 is 39.4. The van der Waals surface area contributed by atoms with Gasteiger partial charge < -0.3 is 4.74 Å². The summed E-state index contributed by atoms with van der Waals surface area (Å²) in [6.07, 6.45) is -0.726. The third-order valence-corrected chi connectivity index (χ3v) is 1.78. The van der Waals surface area contributed by atoms with E-state index in [9.17, 15) is 13.2 Å². The molecule has 0 N–H and O–H groups in total. The molecule has 1 nitrogen and oxygen atoms in total. The smallest absolute Gasteiger partial charge is 0.369 e. The van der Waals surface area contributed by atoms with E-state index in [0.29, 0.717) is 0 Å². The minimum absolute atomic E-state index is 0.142. The van der Waals surface area contributed by atoms with Gasteiger partial charge in [0.1, 0.15) is 6.61 Å². The van der Waals surface area contributed by atoms with Crippen LogP contribution >= 0.6 is 0 Å². The molecule has 4 heteroatoms. The Morgan fingerprint density at radius 2 is 1.73 bits per heavy atom. The predicted octanol–water partition coefficient (Wildman–Crippen LogP) is 2.51. The van der Waals surface area contributed by atoms with Crippen LogP contribution in [0.3, 0.4) is 0 Å². The van der Waals surface area contributed by atoms with Crippen LogP contribution < -0.4 is 0 Å². The van der Waals surface area contributed by atoms with Crippen molar-refractivity contribution in [2.24, 2.45) is 0 Å². The van der Waals surface area contributed by atoms with Gasteiger partial charge >= 0.3 is 6.18 Å². The SMILES string of the molecule is FC(F)(F)COC1CCCC1. The topological polar surface area (TPSA) is 9.23 Å². The second-order valence-electron chi connectivity index (χ2n) is 2.83. The van der Waals surface area contributed by atoms with Crippen molar-refractivity contribution in [3.05, 3.63) is 0 Å². The van der Waals surface area contributed by atoms with E-state index in [0.717, 1.165) is 25.7 Å². The molecule has 1 aliphatic rings. The first kappa shape index (κ1) is 8.84. The first-order valence-electron chi connectivity index (χ1n) is 3.76. The van der Waals surface area contributed by atoms with Gasteiger partial charge in [0.25, 0.3) is 0 Å². The molecule has 0 heterocycles. The van der Waals surface area contributed by atoms with Gasteiger partial charge in [-0.1, -0.05) is 12.8 Å². The van der Waals surface area contributed by atoms with Crippen LogP contribution in [0.25, 0.3) is 0 Å². The number of hydrogen-bond acceptors (Lipinski definition) is 1. The standard InChI is InChI=1S/C7H11F3O/c8-7(9,10)5-11-6-3-1-2-4-6/h6H,1-5H2. The summed E-state index contributed by atoms with van der Waals surface area (Å²) in [7, 11) is 0. The van der Waals surface area contributed by atoms with Gasteiger partial charge in [0, 0.05) is 0 Å². The van der Waals surface area contributed by atoms with Crippen LogP contribution in [0.2, 0.25) is 0 Å². The highest BCUT2D eigenvalue weighted by Gasteiger charge is 2.29. The van der Waals surface area contributed by atoms with E-state index in [1.165, 1.54) is 0 Å². The van der Waals surface area contributed by atoms with Crippen LogP contribution in [-0.2, 0) is 4.74 Å². The Kier molecular flexibility index (Phi) is 2.76. The Labute approximate surface area is 63.5 Å². The molecule has 0 unspecified atom stereocenters. The number of rotatable bonds is 2. The normalized spacial score (nSPS) is 21.0. The van der Waals surface area contributed by atoms with Crippen molar-refractivity contribution in [2.45, 2.75) is 38.0 Å². The van der Waals surface area contributed by atoms with Crippen molar-refractivity contribution >= 4 is 0 Å². The highest BCUT2D eigenvalue weighted by atomic mass is 19.4. The lowest BCUT2D eigenvalue weighted by Gasteiger charge is -2.12. The first-order chi connectivity index (χ1) is 5.08. The molecule has 0 aromatic heterocycles. The molecule has 11 heavy (non-hydrogen) atoms.